The van der Waals surface area contributed by atoms with Gasteiger partial charge in [0.05, 0.1) is 5.69 Å². The normalized spacial score (nSPS) is 14.5. The zero-order valence-electron chi connectivity index (χ0n) is 10.7. The molecule has 0 bridgehead atoms. The molecule has 0 radical (unpaired) electrons. The molecule has 0 aliphatic heterocycles. The van der Waals surface area contributed by atoms with Crippen LogP contribution in [0.15, 0.2) is 34.6 Å². The van der Waals surface area contributed by atoms with Crippen molar-refractivity contribution >= 4 is 39.9 Å². The van der Waals surface area contributed by atoms with Crippen LogP contribution in [0.3, 0.4) is 0 Å². The fraction of sp³-hybridized carbons (Fsp3) is 0.231. The van der Waals surface area contributed by atoms with Crippen molar-refractivity contribution in [1.29, 1.82) is 5.26 Å². The highest BCUT2D eigenvalue weighted by molar-refractivity contribution is 14.1. The van der Waals surface area contributed by atoms with Gasteiger partial charge < -0.3 is 10.4 Å². The van der Waals surface area contributed by atoms with E-state index in [1.807, 2.05) is 22.6 Å². The highest BCUT2D eigenvalue weighted by Gasteiger charge is 2.30. The van der Waals surface area contributed by atoms with E-state index in [0.717, 1.165) is 12.8 Å². The lowest BCUT2D eigenvalue weighted by Gasteiger charge is -2.07. The Hall–Kier alpha value is -2.24. The molecule has 1 aromatic carbocycles. The second-order valence-electron chi connectivity index (χ2n) is 4.46. The summed E-state index contributed by atoms with van der Waals surface area (Å²) in [6, 6.07) is 6.48. The van der Waals surface area contributed by atoms with E-state index < -0.39 is 5.91 Å². The number of rotatable bonds is 4. The summed E-state index contributed by atoms with van der Waals surface area (Å²) >= 11 is 1.97. The minimum atomic E-state index is -0.644. The number of hydrogen-bond donors (Lipinski definition) is 2. The number of benzene rings is 1. The Morgan fingerprint density at radius 3 is 2.81 bits per heavy atom. The standard InChI is InChI=1S/C13H10IN5O2/c14-10-5-8(3-4-11(10)18-19-16)17-13(21)9(6-15)12(20)7-1-2-7/h3-5,7,20H,1-2H2,(H,17,21)/b12-9-/i14-2. The molecule has 1 amide bonds. The second-order valence-corrected chi connectivity index (χ2v) is 5.62. The molecule has 1 aliphatic carbocycles. The van der Waals surface area contributed by atoms with Crippen molar-refractivity contribution in [2.75, 3.05) is 5.32 Å². The lowest BCUT2D eigenvalue weighted by atomic mass is 10.1. The molecule has 106 valence electrons. The molecule has 0 spiro atoms. The number of azide groups is 1. The summed E-state index contributed by atoms with van der Waals surface area (Å²) in [4.78, 5) is 14.7. The summed E-state index contributed by atoms with van der Waals surface area (Å²) in [6.07, 6.45) is 1.59. The van der Waals surface area contributed by atoms with Gasteiger partial charge in [0.2, 0.25) is 0 Å². The maximum atomic E-state index is 12.0. The first-order valence-corrected chi connectivity index (χ1v) is 7.14. The Balaban J connectivity index is 2.20. The van der Waals surface area contributed by atoms with Crippen LogP contribution in [0, 0.1) is 20.8 Å². The summed E-state index contributed by atoms with van der Waals surface area (Å²) in [7, 11) is 0. The van der Waals surface area contributed by atoms with Gasteiger partial charge in [0.25, 0.3) is 5.91 Å². The largest absolute Gasteiger partial charge is 0.510 e. The Morgan fingerprint density at radius 2 is 2.29 bits per heavy atom. The molecular weight excluding hydrogens is 383 g/mol. The van der Waals surface area contributed by atoms with Crippen LogP contribution in [-0.4, -0.2) is 11.0 Å². The number of allylic oxidation sites excluding steroid dienone is 1. The Bertz CT molecular complexity index is 712. The summed E-state index contributed by atoms with van der Waals surface area (Å²) < 4.78 is 0.664. The van der Waals surface area contributed by atoms with Crippen molar-refractivity contribution in [3.8, 4) is 6.07 Å². The third-order valence-electron chi connectivity index (χ3n) is 2.92. The van der Waals surface area contributed by atoms with E-state index in [4.69, 9.17) is 10.8 Å². The summed E-state index contributed by atoms with van der Waals surface area (Å²) in [5.74, 6) is -0.859. The number of hydrogen-bond acceptors (Lipinski definition) is 4. The minimum Gasteiger partial charge on any atom is -0.510 e. The van der Waals surface area contributed by atoms with Crippen LogP contribution in [0.4, 0.5) is 11.4 Å². The third kappa shape index (κ3) is 3.65. The second kappa shape index (κ2) is 6.47. The molecule has 7 nitrogen and oxygen atoms in total. The van der Waals surface area contributed by atoms with Crippen LogP contribution in [0.25, 0.3) is 10.4 Å². The van der Waals surface area contributed by atoms with E-state index in [1.165, 1.54) is 0 Å². The van der Waals surface area contributed by atoms with Crippen LogP contribution < -0.4 is 5.32 Å². The van der Waals surface area contributed by atoms with Crippen molar-refractivity contribution in [2.45, 2.75) is 12.8 Å². The van der Waals surface area contributed by atoms with Gasteiger partial charge in [-0.25, -0.2) is 0 Å². The zero-order chi connectivity index (χ0) is 15.4. The van der Waals surface area contributed by atoms with E-state index in [0.29, 0.717) is 14.9 Å². The number of anilines is 1. The van der Waals surface area contributed by atoms with Crippen LogP contribution >= 0.6 is 22.6 Å². The first-order valence-electron chi connectivity index (χ1n) is 6.06. The molecule has 0 saturated heterocycles. The highest BCUT2D eigenvalue weighted by Crippen LogP contribution is 2.36. The maximum Gasteiger partial charge on any atom is 0.269 e. The molecule has 2 rings (SSSR count). The quantitative estimate of drug-likeness (QED) is 0.153. The Morgan fingerprint density at radius 1 is 1.57 bits per heavy atom. The molecular formula is C13H10IN5O2. The van der Waals surface area contributed by atoms with Crippen molar-refractivity contribution in [3.05, 3.63) is 43.5 Å². The number of nitriles is 1. The van der Waals surface area contributed by atoms with Crippen LogP contribution in [0.2, 0.25) is 0 Å². The smallest absolute Gasteiger partial charge is 0.269 e. The number of nitrogens with one attached hydrogen (secondary N) is 1. The summed E-state index contributed by atoms with van der Waals surface area (Å²) in [5.41, 5.74) is 9.05. The predicted molar refractivity (Wildman–Crippen MR) is 84.6 cm³/mol. The van der Waals surface area contributed by atoms with Gasteiger partial charge in [-0.3, -0.25) is 4.79 Å². The van der Waals surface area contributed by atoms with Crippen molar-refractivity contribution in [1.82, 2.24) is 0 Å². The average molecular weight is 393 g/mol. The van der Waals surface area contributed by atoms with Gasteiger partial charge in [-0.05, 0) is 59.2 Å². The number of aliphatic hydroxyl groups is 1. The number of nitrogens with zero attached hydrogens (tertiary/aromatic N) is 4. The van der Waals surface area contributed by atoms with Gasteiger partial charge in [-0.15, -0.1) is 0 Å². The first kappa shape index (κ1) is 15.2. The fourth-order valence-electron chi connectivity index (χ4n) is 1.69. The van der Waals surface area contributed by atoms with Gasteiger partial charge in [-0.2, -0.15) is 5.26 Å². The lowest BCUT2D eigenvalue weighted by molar-refractivity contribution is -0.112. The number of carbonyl (C=O) groups excluding carboxylic acids is 1. The average Bonchev–Trinajstić information content (AvgIpc) is 3.27. The van der Waals surface area contributed by atoms with E-state index in [2.05, 4.69) is 15.3 Å². The molecule has 1 fully saturated rings. The summed E-state index contributed by atoms with van der Waals surface area (Å²) in [5, 5.41) is 24.9. The first-order chi connectivity index (χ1) is 10.1. The number of amides is 1. The molecule has 2 N–H and O–H groups in total. The van der Waals surface area contributed by atoms with Gasteiger partial charge in [-0.1, -0.05) is 5.11 Å². The van der Waals surface area contributed by atoms with Crippen molar-refractivity contribution in [3.63, 3.8) is 0 Å². The number of carbonyl (C=O) groups is 1. The van der Waals surface area contributed by atoms with Crippen LogP contribution in [0.1, 0.15) is 12.8 Å². The lowest BCUT2D eigenvalue weighted by Crippen LogP contribution is -2.16. The zero-order valence-corrected chi connectivity index (χ0v) is 12.9. The minimum absolute atomic E-state index is 0.0714. The SMILES string of the molecule is N#C/C(C(=O)Nc1ccc(N=[N+]=[N-])c([125I])c1)=C(/O)C1CC1. The molecule has 0 aromatic heterocycles. The van der Waals surface area contributed by atoms with E-state index in [9.17, 15) is 9.90 Å². The van der Waals surface area contributed by atoms with E-state index in [1.54, 1.807) is 24.3 Å². The van der Waals surface area contributed by atoms with E-state index in [-0.39, 0.29) is 17.3 Å². The van der Waals surface area contributed by atoms with Gasteiger partial charge in [0, 0.05) is 20.1 Å². The highest BCUT2D eigenvalue weighted by atomic mass is 125. The topological polar surface area (TPSA) is 122 Å². The predicted octanol–water partition coefficient (Wildman–Crippen LogP) is 3.92. The fourth-order valence-corrected chi connectivity index (χ4v) is 2.32. The van der Waals surface area contributed by atoms with Crippen molar-refractivity contribution < 1.29 is 9.90 Å². The number of halogens is 1. The molecule has 21 heavy (non-hydrogen) atoms. The maximum absolute atomic E-state index is 12.0. The van der Waals surface area contributed by atoms with Gasteiger partial charge in [0.1, 0.15) is 11.8 Å². The molecule has 0 atom stereocenters. The monoisotopic (exact) mass is 393 g/mol. The summed E-state index contributed by atoms with van der Waals surface area (Å²) in [6.45, 7) is 0. The third-order valence-corrected chi connectivity index (χ3v) is 3.78. The van der Waals surface area contributed by atoms with E-state index >= 15 is 0 Å². The van der Waals surface area contributed by atoms with Crippen molar-refractivity contribution in [2.24, 2.45) is 11.0 Å². The van der Waals surface area contributed by atoms with Crippen LogP contribution in [0.5, 0.6) is 0 Å². The number of aliphatic hydroxyl groups excluding tert-OH is 1. The van der Waals surface area contributed by atoms with Gasteiger partial charge in [0.15, 0.2) is 5.57 Å². The molecule has 1 saturated carbocycles. The molecule has 0 unspecified atom stereocenters. The molecule has 8 heteroatoms. The van der Waals surface area contributed by atoms with Gasteiger partial charge >= 0.3 is 0 Å². The molecule has 1 aromatic rings. The molecule has 1 aliphatic rings. The molecule has 0 heterocycles. The van der Waals surface area contributed by atoms with Crippen LogP contribution in [-0.2, 0) is 4.79 Å². The Kier molecular flexibility index (Phi) is 4.67. The Labute approximate surface area is 134 Å².